The van der Waals surface area contributed by atoms with Crippen LogP contribution >= 0.6 is 23.4 Å². The summed E-state index contributed by atoms with van der Waals surface area (Å²) in [6.07, 6.45) is 5.21. The molecule has 1 saturated heterocycles. The lowest BCUT2D eigenvalue weighted by atomic mass is 10.1. The molecule has 0 bridgehead atoms. The Morgan fingerprint density at radius 3 is 2.88 bits per heavy atom. The first kappa shape index (κ1) is 18.5. The van der Waals surface area contributed by atoms with Crippen molar-refractivity contribution in [3.63, 3.8) is 0 Å². The van der Waals surface area contributed by atoms with Gasteiger partial charge in [0.25, 0.3) is 0 Å². The molecule has 0 aromatic heterocycles. The summed E-state index contributed by atoms with van der Waals surface area (Å²) >= 11 is 7.59. The molecule has 1 aliphatic heterocycles. The molecule has 1 aliphatic carbocycles. The van der Waals surface area contributed by atoms with E-state index in [0.29, 0.717) is 23.9 Å². The van der Waals surface area contributed by atoms with E-state index in [0.717, 1.165) is 24.2 Å². The van der Waals surface area contributed by atoms with Gasteiger partial charge in [-0.25, -0.2) is 0 Å². The van der Waals surface area contributed by atoms with Crippen LogP contribution in [0.3, 0.4) is 0 Å². The smallest absolute Gasteiger partial charge is 0.223 e. The number of halogens is 1. The maximum atomic E-state index is 12.2. The van der Waals surface area contributed by atoms with Crippen molar-refractivity contribution in [2.24, 2.45) is 0 Å². The first-order valence-electron chi connectivity index (χ1n) is 8.79. The van der Waals surface area contributed by atoms with Crippen molar-refractivity contribution in [2.75, 3.05) is 0 Å². The number of nitrogens with one attached hydrogen (secondary N) is 3. The maximum absolute atomic E-state index is 12.2. The molecule has 1 saturated carbocycles. The standard InChI is InChI=1S/C18H24ClN3O2S/c19-13-5-3-4-12(8-13)11-25-18-21-15(10-17(24)22-18)9-16(23)20-14-6-1-2-7-14/h3-5,8,14-15,18,21H,1-2,6-7,9-11H2,(H,20,23)(H,22,24). The lowest BCUT2D eigenvalue weighted by molar-refractivity contribution is -0.125. The number of thioether (sulfide) groups is 1. The van der Waals surface area contributed by atoms with E-state index in [-0.39, 0.29) is 23.4 Å². The van der Waals surface area contributed by atoms with Gasteiger partial charge in [-0.1, -0.05) is 36.6 Å². The molecule has 2 aliphatic rings. The third-order valence-electron chi connectivity index (χ3n) is 4.57. The highest BCUT2D eigenvalue weighted by molar-refractivity contribution is 7.99. The quantitative estimate of drug-likeness (QED) is 0.708. The van der Waals surface area contributed by atoms with Gasteiger partial charge in [0.05, 0.1) is 0 Å². The summed E-state index contributed by atoms with van der Waals surface area (Å²) in [4.78, 5) is 24.2. The van der Waals surface area contributed by atoms with Gasteiger partial charge in [0.1, 0.15) is 5.50 Å². The molecule has 2 atom stereocenters. The Morgan fingerprint density at radius 1 is 1.32 bits per heavy atom. The fourth-order valence-electron chi connectivity index (χ4n) is 3.35. The molecule has 0 spiro atoms. The van der Waals surface area contributed by atoms with Crippen molar-refractivity contribution in [3.8, 4) is 0 Å². The van der Waals surface area contributed by atoms with Crippen molar-refractivity contribution in [3.05, 3.63) is 34.9 Å². The number of hydrogen-bond donors (Lipinski definition) is 3. The molecule has 25 heavy (non-hydrogen) atoms. The summed E-state index contributed by atoms with van der Waals surface area (Å²) in [5.41, 5.74) is 0.916. The second-order valence-corrected chi connectivity index (χ2v) is 8.24. The minimum atomic E-state index is -0.190. The number of carbonyl (C=O) groups is 2. The lowest BCUT2D eigenvalue weighted by Gasteiger charge is -2.31. The topological polar surface area (TPSA) is 70.2 Å². The molecule has 5 nitrogen and oxygen atoms in total. The summed E-state index contributed by atoms with van der Waals surface area (Å²) in [7, 11) is 0. The first-order chi connectivity index (χ1) is 12.1. The molecule has 1 aromatic rings. The van der Waals surface area contributed by atoms with E-state index in [9.17, 15) is 9.59 Å². The van der Waals surface area contributed by atoms with Gasteiger partial charge in [-0.3, -0.25) is 14.9 Å². The van der Waals surface area contributed by atoms with Gasteiger partial charge >= 0.3 is 0 Å². The average molecular weight is 382 g/mol. The van der Waals surface area contributed by atoms with Crippen LogP contribution in [-0.4, -0.2) is 29.4 Å². The van der Waals surface area contributed by atoms with Gasteiger partial charge in [-0.15, -0.1) is 11.8 Å². The van der Waals surface area contributed by atoms with Crippen LogP contribution in [0, 0.1) is 0 Å². The van der Waals surface area contributed by atoms with Gasteiger partial charge in [0.15, 0.2) is 0 Å². The Balaban J connectivity index is 1.47. The van der Waals surface area contributed by atoms with Crippen LogP contribution < -0.4 is 16.0 Å². The molecule has 0 radical (unpaired) electrons. The summed E-state index contributed by atoms with van der Waals surface area (Å²) in [5.74, 6) is 0.762. The molecule has 2 unspecified atom stereocenters. The van der Waals surface area contributed by atoms with Crippen molar-refractivity contribution >= 4 is 35.2 Å². The normalized spacial score (nSPS) is 24.1. The largest absolute Gasteiger partial charge is 0.353 e. The number of hydrogen-bond acceptors (Lipinski definition) is 4. The van der Waals surface area contributed by atoms with E-state index in [1.54, 1.807) is 11.8 Å². The minimum absolute atomic E-state index is 0.0130. The summed E-state index contributed by atoms with van der Waals surface area (Å²) in [6.45, 7) is 0. The third kappa shape index (κ3) is 5.90. The van der Waals surface area contributed by atoms with Crippen molar-refractivity contribution < 1.29 is 9.59 Å². The van der Waals surface area contributed by atoms with E-state index in [1.165, 1.54) is 12.8 Å². The Morgan fingerprint density at radius 2 is 2.12 bits per heavy atom. The highest BCUT2D eigenvalue weighted by Gasteiger charge is 2.28. The van der Waals surface area contributed by atoms with Crippen molar-refractivity contribution in [1.82, 2.24) is 16.0 Å². The van der Waals surface area contributed by atoms with Crippen LogP contribution in [0.2, 0.25) is 5.02 Å². The molecule has 2 fully saturated rings. The minimum Gasteiger partial charge on any atom is -0.353 e. The van der Waals surface area contributed by atoms with Crippen LogP contribution in [0.5, 0.6) is 0 Å². The molecule has 3 rings (SSSR count). The fraction of sp³-hybridized carbons (Fsp3) is 0.556. The van der Waals surface area contributed by atoms with Crippen LogP contribution in [0.4, 0.5) is 0 Å². The summed E-state index contributed by atoms with van der Waals surface area (Å²) < 4.78 is 0. The predicted octanol–water partition coefficient (Wildman–Crippen LogP) is 2.78. The van der Waals surface area contributed by atoms with Crippen LogP contribution in [-0.2, 0) is 15.3 Å². The maximum Gasteiger partial charge on any atom is 0.223 e. The second-order valence-electron chi connectivity index (χ2n) is 6.71. The zero-order valence-corrected chi connectivity index (χ0v) is 15.7. The zero-order valence-electron chi connectivity index (χ0n) is 14.1. The predicted molar refractivity (Wildman–Crippen MR) is 101 cm³/mol. The van der Waals surface area contributed by atoms with Gasteiger partial charge < -0.3 is 10.6 Å². The Bertz CT molecular complexity index is 622. The monoisotopic (exact) mass is 381 g/mol. The second kappa shape index (κ2) is 8.92. The highest BCUT2D eigenvalue weighted by atomic mass is 35.5. The van der Waals surface area contributed by atoms with E-state index >= 15 is 0 Å². The van der Waals surface area contributed by atoms with E-state index in [2.05, 4.69) is 16.0 Å². The average Bonchev–Trinajstić information content (AvgIpc) is 3.05. The molecule has 3 N–H and O–H groups in total. The summed E-state index contributed by atoms with van der Waals surface area (Å²) in [6, 6.07) is 7.89. The molecule has 1 heterocycles. The Kier molecular flexibility index (Phi) is 6.62. The number of carbonyl (C=O) groups excluding carboxylic acids is 2. The van der Waals surface area contributed by atoms with Gasteiger partial charge in [0.2, 0.25) is 11.8 Å². The molecule has 1 aromatic carbocycles. The molecule has 136 valence electrons. The van der Waals surface area contributed by atoms with E-state index in [1.807, 2.05) is 24.3 Å². The Hall–Kier alpha value is -1.24. The van der Waals surface area contributed by atoms with Crippen molar-refractivity contribution in [2.45, 2.75) is 61.9 Å². The molecule has 7 heteroatoms. The molecular weight excluding hydrogens is 358 g/mol. The number of amides is 2. The van der Waals surface area contributed by atoms with Gasteiger partial charge in [-0.2, -0.15) is 0 Å². The number of rotatable bonds is 6. The lowest BCUT2D eigenvalue weighted by Crippen LogP contribution is -2.55. The van der Waals surface area contributed by atoms with Crippen molar-refractivity contribution in [1.29, 1.82) is 0 Å². The highest BCUT2D eigenvalue weighted by Crippen LogP contribution is 2.21. The number of benzene rings is 1. The molecule has 2 amide bonds. The SMILES string of the molecule is O=C(CC1CC(=O)NC(SCc2cccc(Cl)c2)N1)NC1CCCC1. The van der Waals surface area contributed by atoms with Crippen LogP contribution in [0.25, 0.3) is 0 Å². The van der Waals surface area contributed by atoms with Crippen LogP contribution in [0.1, 0.15) is 44.1 Å². The molecular formula is C18H24ClN3O2S. The Labute approximate surface area is 157 Å². The summed E-state index contributed by atoms with van der Waals surface area (Å²) in [5, 5.41) is 10.1. The van der Waals surface area contributed by atoms with E-state index in [4.69, 9.17) is 11.6 Å². The van der Waals surface area contributed by atoms with E-state index < -0.39 is 0 Å². The zero-order chi connectivity index (χ0) is 17.6. The fourth-order valence-corrected chi connectivity index (χ4v) is 4.61. The first-order valence-corrected chi connectivity index (χ1v) is 10.2. The third-order valence-corrected chi connectivity index (χ3v) is 5.89. The van der Waals surface area contributed by atoms with Gasteiger partial charge in [0, 0.05) is 35.7 Å². The van der Waals surface area contributed by atoms with Gasteiger partial charge in [-0.05, 0) is 30.5 Å². The van der Waals surface area contributed by atoms with Crippen LogP contribution in [0.15, 0.2) is 24.3 Å².